The highest BCUT2D eigenvalue weighted by Crippen LogP contribution is 2.25. The van der Waals surface area contributed by atoms with E-state index in [4.69, 9.17) is 4.98 Å². The second-order valence-corrected chi connectivity index (χ2v) is 5.77. The summed E-state index contributed by atoms with van der Waals surface area (Å²) in [5, 5.41) is 1.04. The Balaban J connectivity index is 1.91. The third-order valence-electron chi connectivity index (χ3n) is 4.40. The van der Waals surface area contributed by atoms with E-state index in [1.165, 1.54) is 0 Å². The summed E-state index contributed by atoms with van der Waals surface area (Å²) in [4.78, 5) is 27.1. The Labute approximate surface area is 139 Å². The van der Waals surface area contributed by atoms with E-state index in [9.17, 15) is 4.79 Å². The molecule has 0 aliphatic rings. The van der Waals surface area contributed by atoms with Crippen LogP contribution in [0.2, 0.25) is 0 Å². The molecule has 0 fully saturated rings. The molecule has 4 rings (SSSR count). The minimum atomic E-state index is 0.0303. The number of aromatic amines is 1. The maximum atomic E-state index is 12.5. The third kappa shape index (κ3) is 2.21. The van der Waals surface area contributed by atoms with Crippen molar-refractivity contribution in [3.8, 4) is 0 Å². The molecule has 0 atom stereocenters. The number of H-pyrrole nitrogens is 1. The van der Waals surface area contributed by atoms with Crippen LogP contribution in [0.3, 0.4) is 0 Å². The molecule has 4 aromatic rings. The first-order chi connectivity index (χ1) is 11.7. The molecule has 24 heavy (non-hydrogen) atoms. The van der Waals surface area contributed by atoms with Crippen LogP contribution in [-0.4, -0.2) is 38.8 Å². The van der Waals surface area contributed by atoms with Crippen LogP contribution in [0.25, 0.3) is 33.1 Å². The SMILES string of the molecule is CCN(CC)C(=O)c1ccc2nc3[nH]c4ccccc4c3nc2c1. The molecule has 1 amide bonds. The monoisotopic (exact) mass is 318 g/mol. The van der Waals surface area contributed by atoms with Gasteiger partial charge in [-0.2, -0.15) is 0 Å². The van der Waals surface area contributed by atoms with Gasteiger partial charge < -0.3 is 9.88 Å². The molecule has 5 heteroatoms. The van der Waals surface area contributed by atoms with Gasteiger partial charge in [0.1, 0.15) is 5.52 Å². The average Bonchev–Trinajstić information content (AvgIpc) is 2.97. The fourth-order valence-corrected chi connectivity index (χ4v) is 3.08. The topological polar surface area (TPSA) is 61.9 Å². The first-order valence-electron chi connectivity index (χ1n) is 8.18. The highest BCUT2D eigenvalue weighted by atomic mass is 16.2. The van der Waals surface area contributed by atoms with Crippen LogP contribution < -0.4 is 0 Å². The fraction of sp³-hybridized carbons (Fsp3) is 0.211. The maximum Gasteiger partial charge on any atom is 0.253 e. The van der Waals surface area contributed by atoms with E-state index < -0.39 is 0 Å². The number of carbonyl (C=O) groups is 1. The second-order valence-electron chi connectivity index (χ2n) is 5.77. The van der Waals surface area contributed by atoms with Gasteiger partial charge in [0.25, 0.3) is 5.91 Å². The number of hydrogen-bond acceptors (Lipinski definition) is 3. The van der Waals surface area contributed by atoms with Gasteiger partial charge >= 0.3 is 0 Å². The zero-order valence-corrected chi connectivity index (χ0v) is 13.7. The van der Waals surface area contributed by atoms with Crippen LogP contribution in [0.4, 0.5) is 0 Å². The lowest BCUT2D eigenvalue weighted by Gasteiger charge is -2.18. The van der Waals surface area contributed by atoms with Gasteiger partial charge in [-0.05, 0) is 38.1 Å². The van der Waals surface area contributed by atoms with E-state index >= 15 is 0 Å². The summed E-state index contributed by atoms with van der Waals surface area (Å²) in [7, 11) is 0. The predicted molar refractivity (Wildman–Crippen MR) is 96.2 cm³/mol. The number of nitrogens with one attached hydrogen (secondary N) is 1. The molecule has 0 aliphatic heterocycles. The number of fused-ring (bicyclic) bond motifs is 4. The largest absolute Gasteiger partial charge is 0.339 e. The molecule has 1 N–H and O–H groups in total. The van der Waals surface area contributed by atoms with Crippen LogP contribution in [-0.2, 0) is 0 Å². The van der Waals surface area contributed by atoms with Gasteiger partial charge in [0.15, 0.2) is 5.65 Å². The predicted octanol–water partition coefficient (Wildman–Crippen LogP) is 3.75. The Hall–Kier alpha value is -2.95. The summed E-state index contributed by atoms with van der Waals surface area (Å²) in [6, 6.07) is 13.5. The Morgan fingerprint density at radius 3 is 2.62 bits per heavy atom. The number of hydrogen-bond donors (Lipinski definition) is 1. The summed E-state index contributed by atoms with van der Waals surface area (Å²) >= 11 is 0. The molecule has 2 aromatic carbocycles. The number of benzene rings is 2. The summed E-state index contributed by atoms with van der Waals surface area (Å²) < 4.78 is 0. The standard InChI is InChI=1S/C19H18N4O/c1-3-23(4-2)19(24)12-9-10-15-16(11-12)20-17-13-7-5-6-8-14(13)21-18(17)22-15/h5-11H,3-4H2,1-2H3,(H,21,22). The summed E-state index contributed by atoms with van der Waals surface area (Å²) in [6.07, 6.45) is 0. The molecular weight excluding hydrogens is 300 g/mol. The lowest BCUT2D eigenvalue weighted by atomic mass is 10.1. The van der Waals surface area contributed by atoms with E-state index in [0.717, 1.165) is 33.1 Å². The van der Waals surface area contributed by atoms with Gasteiger partial charge in [0.05, 0.1) is 11.0 Å². The lowest BCUT2D eigenvalue weighted by Crippen LogP contribution is -2.30. The molecule has 0 bridgehead atoms. The number of para-hydroxylation sites is 1. The van der Waals surface area contributed by atoms with Gasteiger partial charge in [-0.15, -0.1) is 0 Å². The summed E-state index contributed by atoms with van der Waals surface area (Å²) in [5.74, 6) is 0.0303. The van der Waals surface area contributed by atoms with Crippen LogP contribution >= 0.6 is 0 Å². The van der Waals surface area contributed by atoms with Crippen LogP contribution in [0, 0.1) is 0 Å². The first-order valence-corrected chi connectivity index (χ1v) is 8.18. The highest BCUT2D eigenvalue weighted by Gasteiger charge is 2.14. The zero-order chi connectivity index (χ0) is 16.7. The molecule has 2 aromatic heterocycles. The molecule has 2 heterocycles. The Kier molecular flexibility index (Phi) is 3.41. The molecule has 0 unspecified atom stereocenters. The molecule has 5 nitrogen and oxygen atoms in total. The van der Waals surface area contributed by atoms with Crippen LogP contribution in [0.15, 0.2) is 42.5 Å². The lowest BCUT2D eigenvalue weighted by molar-refractivity contribution is 0.0773. The van der Waals surface area contributed by atoms with Gasteiger partial charge in [0.2, 0.25) is 0 Å². The van der Waals surface area contributed by atoms with Crippen molar-refractivity contribution in [2.45, 2.75) is 13.8 Å². The molecule has 0 radical (unpaired) electrons. The van der Waals surface area contributed by atoms with E-state index in [2.05, 4.69) is 9.97 Å². The van der Waals surface area contributed by atoms with E-state index in [1.807, 2.05) is 56.3 Å². The van der Waals surface area contributed by atoms with Crippen molar-refractivity contribution in [2.75, 3.05) is 13.1 Å². The zero-order valence-electron chi connectivity index (χ0n) is 13.7. The van der Waals surface area contributed by atoms with Crippen molar-refractivity contribution < 1.29 is 4.79 Å². The summed E-state index contributed by atoms with van der Waals surface area (Å²) in [6.45, 7) is 5.36. The highest BCUT2D eigenvalue weighted by molar-refractivity contribution is 6.06. The van der Waals surface area contributed by atoms with Crippen LogP contribution in [0.5, 0.6) is 0 Å². The smallest absolute Gasteiger partial charge is 0.253 e. The third-order valence-corrected chi connectivity index (χ3v) is 4.40. The van der Waals surface area contributed by atoms with E-state index in [1.54, 1.807) is 4.90 Å². The summed E-state index contributed by atoms with van der Waals surface area (Å²) in [5.41, 5.74) is 4.80. The number of nitrogens with zero attached hydrogens (tertiary/aromatic N) is 3. The number of carbonyl (C=O) groups excluding carboxylic acids is 1. The van der Waals surface area contributed by atoms with Crippen molar-refractivity contribution in [2.24, 2.45) is 0 Å². The molecule has 120 valence electrons. The number of rotatable bonds is 3. The molecule has 0 aliphatic carbocycles. The van der Waals surface area contributed by atoms with E-state index in [0.29, 0.717) is 18.7 Å². The van der Waals surface area contributed by atoms with Crippen molar-refractivity contribution in [3.05, 3.63) is 48.0 Å². The minimum Gasteiger partial charge on any atom is -0.339 e. The van der Waals surface area contributed by atoms with Crippen molar-refractivity contribution in [1.29, 1.82) is 0 Å². The molecule has 0 saturated heterocycles. The van der Waals surface area contributed by atoms with Gasteiger partial charge in [-0.3, -0.25) is 4.79 Å². The van der Waals surface area contributed by atoms with Crippen molar-refractivity contribution in [1.82, 2.24) is 19.9 Å². The Bertz CT molecular complexity index is 1060. The average molecular weight is 318 g/mol. The Morgan fingerprint density at radius 1 is 1.04 bits per heavy atom. The number of aromatic nitrogens is 3. The first kappa shape index (κ1) is 14.6. The number of amides is 1. The molecule has 0 spiro atoms. The van der Waals surface area contributed by atoms with E-state index in [-0.39, 0.29) is 5.91 Å². The van der Waals surface area contributed by atoms with Crippen LogP contribution in [0.1, 0.15) is 24.2 Å². The van der Waals surface area contributed by atoms with Gasteiger partial charge in [-0.25, -0.2) is 9.97 Å². The quantitative estimate of drug-likeness (QED) is 0.626. The van der Waals surface area contributed by atoms with Crippen molar-refractivity contribution >= 4 is 39.0 Å². The minimum absolute atomic E-state index is 0.0303. The fourth-order valence-electron chi connectivity index (χ4n) is 3.08. The maximum absolute atomic E-state index is 12.5. The van der Waals surface area contributed by atoms with Gasteiger partial charge in [0, 0.05) is 29.6 Å². The van der Waals surface area contributed by atoms with Gasteiger partial charge in [-0.1, -0.05) is 18.2 Å². The normalized spacial score (nSPS) is 11.4. The Morgan fingerprint density at radius 2 is 1.83 bits per heavy atom. The molecular formula is C19H18N4O. The molecule has 0 saturated carbocycles. The second kappa shape index (κ2) is 5.60. The van der Waals surface area contributed by atoms with Crippen molar-refractivity contribution in [3.63, 3.8) is 0 Å².